The molecule has 0 saturated carbocycles. The predicted molar refractivity (Wildman–Crippen MR) is 47.3 cm³/mol. The minimum absolute atomic E-state index is 0.522. The summed E-state index contributed by atoms with van der Waals surface area (Å²) in [4.78, 5) is 0. The topological polar surface area (TPSA) is 47.7 Å². The van der Waals surface area contributed by atoms with Crippen molar-refractivity contribution in [3.05, 3.63) is 11.6 Å². The number of allylic oxidation sites excluding steroid dienone is 2. The molecule has 0 heterocycles. The Morgan fingerprint density at radius 1 is 1.20 bits per heavy atom. The molecule has 58 valence electrons. The molecular weight excluding hydrogens is 124 g/mol. The van der Waals surface area contributed by atoms with E-state index in [-0.39, 0.29) is 0 Å². The Morgan fingerprint density at radius 3 is 1.70 bits per heavy atom. The summed E-state index contributed by atoms with van der Waals surface area (Å²) < 4.78 is 0. The summed E-state index contributed by atoms with van der Waals surface area (Å²) in [5.74, 6) is 0. The molecule has 0 aromatic rings. The SMILES string of the molecule is CC.CC(=N)/C(C)=C\C=N. The molecule has 0 aromatic carbocycles. The minimum atomic E-state index is 0.522. The molecule has 0 atom stereocenters. The van der Waals surface area contributed by atoms with E-state index in [2.05, 4.69) is 0 Å². The molecule has 0 aliphatic rings. The van der Waals surface area contributed by atoms with Gasteiger partial charge in [-0.3, -0.25) is 0 Å². The molecule has 2 heteroatoms. The van der Waals surface area contributed by atoms with Crippen LogP contribution in [0.15, 0.2) is 11.6 Å². The van der Waals surface area contributed by atoms with Crippen LogP contribution in [0, 0.1) is 10.8 Å². The van der Waals surface area contributed by atoms with E-state index in [1.807, 2.05) is 20.8 Å². The van der Waals surface area contributed by atoms with Crippen LogP contribution in [0.3, 0.4) is 0 Å². The summed E-state index contributed by atoms with van der Waals surface area (Å²) >= 11 is 0. The van der Waals surface area contributed by atoms with Crippen molar-refractivity contribution in [2.24, 2.45) is 0 Å². The van der Waals surface area contributed by atoms with E-state index in [1.54, 1.807) is 13.0 Å². The number of rotatable bonds is 2. The summed E-state index contributed by atoms with van der Waals surface area (Å²) in [6, 6.07) is 0. The molecule has 2 N–H and O–H groups in total. The van der Waals surface area contributed by atoms with Crippen LogP contribution in [0.1, 0.15) is 27.7 Å². The highest BCUT2D eigenvalue weighted by Crippen LogP contribution is 1.90. The molecular formula is C8H16N2. The van der Waals surface area contributed by atoms with Gasteiger partial charge in [0.05, 0.1) is 0 Å². The van der Waals surface area contributed by atoms with Crippen LogP contribution < -0.4 is 0 Å². The molecule has 0 amide bonds. The zero-order valence-electron chi connectivity index (χ0n) is 7.15. The maximum atomic E-state index is 7.03. The molecule has 0 unspecified atom stereocenters. The molecule has 0 spiro atoms. The lowest BCUT2D eigenvalue weighted by Gasteiger charge is -1.90. The fraction of sp³-hybridized carbons (Fsp3) is 0.500. The lowest BCUT2D eigenvalue weighted by molar-refractivity contribution is 1.42. The molecule has 10 heavy (non-hydrogen) atoms. The van der Waals surface area contributed by atoms with Gasteiger partial charge in [-0.2, -0.15) is 0 Å². The predicted octanol–water partition coefficient (Wildman–Crippen LogP) is 2.65. The van der Waals surface area contributed by atoms with E-state index in [9.17, 15) is 0 Å². The van der Waals surface area contributed by atoms with Gasteiger partial charge in [-0.15, -0.1) is 0 Å². The van der Waals surface area contributed by atoms with Crippen LogP contribution in [0.5, 0.6) is 0 Å². The zero-order valence-corrected chi connectivity index (χ0v) is 7.15. The van der Waals surface area contributed by atoms with Crippen molar-refractivity contribution in [1.82, 2.24) is 0 Å². The fourth-order valence-corrected chi connectivity index (χ4v) is 0.250. The molecule has 0 radical (unpaired) electrons. The Labute approximate surface area is 63.0 Å². The lowest BCUT2D eigenvalue weighted by atomic mass is 10.2. The zero-order chi connectivity index (χ0) is 8.57. The van der Waals surface area contributed by atoms with Gasteiger partial charge in [-0.25, -0.2) is 0 Å². The van der Waals surface area contributed by atoms with Gasteiger partial charge in [0.1, 0.15) is 0 Å². The first-order valence-electron chi connectivity index (χ1n) is 3.41. The summed E-state index contributed by atoms with van der Waals surface area (Å²) in [6.45, 7) is 7.52. The highest BCUT2D eigenvalue weighted by molar-refractivity contribution is 5.98. The molecule has 0 aliphatic heterocycles. The monoisotopic (exact) mass is 140 g/mol. The van der Waals surface area contributed by atoms with Crippen LogP contribution >= 0.6 is 0 Å². The maximum absolute atomic E-state index is 7.03. The fourth-order valence-electron chi connectivity index (χ4n) is 0.250. The Balaban J connectivity index is 0. The Bertz CT molecular complexity index is 134. The Hall–Kier alpha value is -0.920. The average molecular weight is 140 g/mol. The highest BCUT2D eigenvalue weighted by Gasteiger charge is 1.85. The maximum Gasteiger partial charge on any atom is 0.0312 e. The second-order valence-corrected chi connectivity index (χ2v) is 1.64. The van der Waals surface area contributed by atoms with Crippen LogP contribution in [0.2, 0.25) is 0 Å². The normalized spacial score (nSPS) is 9.40. The van der Waals surface area contributed by atoms with Gasteiger partial charge in [0, 0.05) is 11.9 Å². The van der Waals surface area contributed by atoms with Crippen molar-refractivity contribution in [3.8, 4) is 0 Å². The largest absolute Gasteiger partial charge is 0.309 e. The Kier molecular flexibility index (Phi) is 9.56. The molecule has 0 fully saturated rings. The van der Waals surface area contributed by atoms with Crippen molar-refractivity contribution < 1.29 is 0 Å². The summed E-state index contributed by atoms with van der Waals surface area (Å²) in [5, 5.41) is 13.7. The van der Waals surface area contributed by atoms with Gasteiger partial charge >= 0.3 is 0 Å². The van der Waals surface area contributed by atoms with Crippen LogP contribution in [0.4, 0.5) is 0 Å². The van der Waals surface area contributed by atoms with Crippen LogP contribution in [-0.2, 0) is 0 Å². The van der Waals surface area contributed by atoms with Gasteiger partial charge in [-0.05, 0) is 25.5 Å². The van der Waals surface area contributed by atoms with Crippen molar-refractivity contribution >= 4 is 11.9 Å². The minimum Gasteiger partial charge on any atom is -0.309 e. The highest BCUT2D eigenvalue weighted by atomic mass is 14.4. The van der Waals surface area contributed by atoms with Gasteiger partial charge in [0.25, 0.3) is 0 Å². The molecule has 0 bridgehead atoms. The molecule has 0 saturated heterocycles. The van der Waals surface area contributed by atoms with Crippen molar-refractivity contribution in [2.45, 2.75) is 27.7 Å². The molecule has 0 rings (SSSR count). The second-order valence-electron chi connectivity index (χ2n) is 1.64. The average Bonchev–Trinajstić information content (AvgIpc) is 1.93. The van der Waals surface area contributed by atoms with E-state index < -0.39 is 0 Å². The van der Waals surface area contributed by atoms with E-state index >= 15 is 0 Å². The number of hydrogen-bond donors (Lipinski definition) is 2. The van der Waals surface area contributed by atoms with Gasteiger partial charge in [0.15, 0.2) is 0 Å². The quantitative estimate of drug-likeness (QED) is 0.554. The standard InChI is InChI=1S/C6H10N2.C2H6/c1-5(3-4-7)6(2)8;1-2/h3-4,7-8H,1-2H3;1-2H3/b5-3-,7-4?,8-6?;. The van der Waals surface area contributed by atoms with Gasteiger partial charge < -0.3 is 10.8 Å². The first-order chi connectivity index (χ1) is 4.68. The number of nitrogens with one attached hydrogen (secondary N) is 2. The third-order valence-electron chi connectivity index (χ3n) is 0.925. The van der Waals surface area contributed by atoms with Gasteiger partial charge in [-0.1, -0.05) is 13.8 Å². The van der Waals surface area contributed by atoms with E-state index in [1.165, 1.54) is 6.21 Å². The van der Waals surface area contributed by atoms with Crippen LogP contribution in [0.25, 0.3) is 0 Å². The third kappa shape index (κ3) is 7.08. The van der Waals surface area contributed by atoms with Crippen molar-refractivity contribution in [1.29, 1.82) is 10.8 Å². The Morgan fingerprint density at radius 2 is 1.60 bits per heavy atom. The molecule has 2 nitrogen and oxygen atoms in total. The van der Waals surface area contributed by atoms with Gasteiger partial charge in [0.2, 0.25) is 0 Å². The molecule has 0 aromatic heterocycles. The summed E-state index contributed by atoms with van der Waals surface area (Å²) in [7, 11) is 0. The number of hydrogen-bond acceptors (Lipinski definition) is 2. The smallest absolute Gasteiger partial charge is 0.0312 e. The van der Waals surface area contributed by atoms with E-state index in [0.29, 0.717) is 5.71 Å². The molecule has 0 aliphatic carbocycles. The van der Waals surface area contributed by atoms with E-state index in [0.717, 1.165) is 5.57 Å². The first-order valence-corrected chi connectivity index (χ1v) is 3.41. The summed E-state index contributed by atoms with van der Waals surface area (Å²) in [5.41, 5.74) is 1.37. The van der Waals surface area contributed by atoms with E-state index in [4.69, 9.17) is 10.8 Å². The first kappa shape index (κ1) is 11.8. The van der Waals surface area contributed by atoms with Crippen molar-refractivity contribution in [2.75, 3.05) is 0 Å². The third-order valence-corrected chi connectivity index (χ3v) is 0.925. The summed E-state index contributed by atoms with van der Waals surface area (Å²) in [6.07, 6.45) is 2.79. The lowest BCUT2D eigenvalue weighted by Crippen LogP contribution is -1.88. The van der Waals surface area contributed by atoms with Crippen LogP contribution in [-0.4, -0.2) is 11.9 Å². The van der Waals surface area contributed by atoms with Crippen molar-refractivity contribution in [3.63, 3.8) is 0 Å². The second kappa shape index (κ2) is 8.08.